The van der Waals surface area contributed by atoms with Gasteiger partial charge in [0.05, 0.1) is 19.0 Å². The normalized spacial score (nSPS) is 17.5. The molecule has 1 aliphatic carbocycles. The average Bonchev–Trinajstić information content (AvgIpc) is 2.95. The Hall–Kier alpha value is -2.10. The van der Waals surface area contributed by atoms with Crippen LogP contribution >= 0.6 is 0 Å². The molecule has 0 aliphatic heterocycles. The molecule has 0 unspecified atom stereocenters. The van der Waals surface area contributed by atoms with E-state index in [2.05, 4.69) is 24.3 Å². The molecule has 2 N–H and O–H groups in total. The molecule has 0 aromatic heterocycles. The Bertz CT molecular complexity index is 637. The third-order valence-electron chi connectivity index (χ3n) is 3.99. The van der Waals surface area contributed by atoms with E-state index in [-0.39, 0.29) is 6.04 Å². The van der Waals surface area contributed by atoms with Crippen LogP contribution in [-0.4, -0.2) is 12.6 Å². The van der Waals surface area contributed by atoms with E-state index in [0.29, 0.717) is 19.8 Å². The number of nitrogens with two attached hydrogens (primary N) is 1. The maximum Gasteiger partial charge on any atom is 0.113 e. The Morgan fingerprint density at radius 3 is 2.04 bits per heavy atom. The number of ether oxygens (including phenoxy) is 2. The summed E-state index contributed by atoms with van der Waals surface area (Å²) in [5.74, 6) is 1.01. The molecular formula is C20H23NO2. The maximum atomic E-state index is 6.09. The smallest absolute Gasteiger partial charge is 0.113 e. The van der Waals surface area contributed by atoms with E-state index in [9.17, 15) is 0 Å². The summed E-state index contributed by atoms with van der Waals surface area (Å²) in [5, 5.41) is 0. The molecule has 0 radical (unpaired) electrons. The van der Waals surface area contributed by atoms with E-state index in [1.165, 1.54) is 16.7 Å². The molecule has 3 rings (SSSR count). The van der Waals surface area contributed by atoms with Crippen molar-refractivity contribution in [2.24, 2.45) is 5.73 Å². The highest BCUT2D eigenvalue weighted by atomic mass is 16.5. The fraction of sp³-hybridized carbons (Fsp3) is 0.300. The van der Waals surface area contributed by atoms with Gasteiger partial charge in [-0.05, 0) is 23.1 Å². The fourth-order valence-corrected chi connectivity index (χ4v) is 2.80. The highest BCUT2D eigenvalue weighted by Crippen LogP contribution is 2.27. The zero-order chi connectivity index (χ0) is 15.9. The minimum atomic E-state index is 0.149. The van der Waals surface area contributed by atoms with Crippen molar-refractivity contribution in [1.29, 1.82) is 0 Å². The van der Waals surface area contributed by atoms with E-state index >= 15 is 0 Å². The van der Waals surface area contributed by atoms with E-state index in [1.54, 1.807) is 0 Å². The first kappa shape index (κ1) is 15.8. The van der Waals surface area contributed by atoms with Crippen LogP contribution in [0.2, 0.25) is 0 Å². The van der Waals surface area contributed by atoms with Crippen molar-refractivity contribution in [2.45, 2.75) is 32.1 Å². The second-order valence-electron chi connectivity index (χ2n) is 5.95. The summed E-state index contributed by atoms with van der Waals surface area (Å²) in [4.78, 5) is 0. The lowest BCUT2D eigenvalue weighted by atomic mass is 10.2. The topological polar surface area (TPSA) is 44.5 Å². The number of hydrogen-bond acceptors (Lipinski definition) is 3. The Morgan fingerprint density at radius 2 is 1.39 bits per heavy atom. The van der Waals surface area contributed by atoms with Crippen molar-refractivity contribution < 1.29 is 9.47 Å². The summed E-state index contributed by atoms with van der Waals surface area (Å²) in [7, 11) is 0. The van der Waals surface area contributed by atoms with Crippen LogP contribution in [0.5, 0.6) is 0 Å². The van der Waals surface area contributed by atoms with Crippen LogP contribution in [0.15, 0.2) is 72.0 Å². The van der Waals surface area contributed by atoms with Gasteiger partial charge in [-0.15, -0.1) is 0 Å². The first-order valence-electron chi connectivity index (χ1n) is 8.06. The largest absolute Gasteiger partial charge is 0.493 e. The summed E-state index contributed by atoms with van der Waals surface area (Å²) in [5.41, 5.74) is 9.64. The zero-order valence-corrected chi connectivity index (χ0v) is 13.3. The van der Waals surface area contributed by atoms with Gasteiger partial charge in [-0.2, -0.15) is 0 Å². The van der Waals surface area contributed by atoms with Crippen LogP contribution < -0.4 is 5.73 Å². The molecule has 23 heavy (non-hydrogen) atoms. The summed E-state index contributed by atoms with van der Waals surface area (Å²) < 4.78 is 11.8. The molecule has 0 saturated heterocycles. The Labute approximate surface area is 137 Å². The Balaban J connectivity index is 1.54. The number of benzene rings is 2. The van der Waals surface area contributed by atoms with Crippen LogP contribution in [0, 0.1) is 0 Å². The highest BCUT2D eigenvalue weighted by molar-refractivity contribution is 5.20. The summed E-state index contributed by atoms with van der Waals surface area (Å²) in [6.45, 7) is 1.79. The van der Waals surface area contributed by atoms with Crippen molar-refractivity contribution >= 4 is 0 Å². The second-order valence-corrected chi connectivity index (χ2v) is 5.95. The lowest BCUT2D eigenvalue weighted by molar-refractivity contribution is 0.132. The van der Waals surface area contributed by atoms with Crippen molar-refractivity contribution in [2.75, 3.05) is 6.61 Å². The average molecular weight is 309 g/mol. The molecule has 0 saturated carbocycles. The van der Waals surface area contributed by atoms with E-state index < -0.39 is 0 Å². The van der Waals surface area contributed by atoms with Crippen molar-refractivity contribution in [3.8, 4) is 0 Å². The first-order valence-corrected chi connectivity index (χ1v) is 8.06. The fourth-order valence-electron chi connectivity index (χ4n) is 2.80. The van der Waals surface area contributed by atoms with Gasteiger partial charge in [0.1, 0.15) is 6.61 Å². The van der Waals surface area contributed by atoms with Crippen LogP contribution in [0.1, 0.15) is 24.0 Å². The van der Waals surface area contributed by atoms with Gasteiger partial charge >= 0.3 is 0 Å². The molecule has 3 nitrogen and oxygen atoms in total. The van der Waals surface area contributed by atoms with E-state index in [0.717, 1.165) is 18.6 Å². The molecule has 2 aromatic carbocycles. The third-order valence-corrected chi connectivity index (χ3v) is 3.99. The van der Waals surface area contributed by atoms with Crippen LogP contribution in [0.3, 0.4) is 0 Å². The molecule has 0 amide bonds. The third kappa shape index (κ3) is 4.68. The van der Waals surface area contributed by atoms with Gasteiger partial charge in [0, 0.05) is 12.5 Å². The van der Waals surface area contributed by atoms with Gasteiger partial charge in [0.15, 0.2) is 0 Å². The standard InChI is InChI=1S/C20H23NO2/c21-19-11-18(15-22-13-16-7-3-1-4-8-16)20(12-19)23-14-17-9-5-2-6-10-17/h1-10,19H,11-15,21H2/t19-/m1/s1. The summed E-state index contributed by atoms with van der Waals surface area (Å²) in [6, 6.07) is 20.6. The SMILES string of the molecule is N[C@@H]1CC(COCc2ccccc2)=C(OCc2ccccc2)C1. The van der Waals surface area contributed by atoms with E-state index in [1.807, 2.05) is 36.4 Å². The van der Waals surface area contributed by atoms with E-state index in [4.69, 9.17) is 15.2 Å². The predicted octanol–water partition coefficient (Wildman–Crippen LogP) is 3.80. The molecule has 2 aromatic rings. The van der Waals surface area contributed by atoms with Gasteiger partial charge in [-0.25, -0.2) is 0 Å². The first-order chi connectivity index (χ1) is 11.3. The van der Waals surface area contributed by atoms with Crippen molar-refractivity contribution in [3.63, 3.8) is 0 Å². The monoisotopic (exact) mass is 309 g/mol. The molecule has 0 heterocycles. The van der Waals surface area contributed by atoms with Gasteiger partial charge < -0.3 is 15.2 Å². The zero-order valence-electron chi connectivity index (χ0n) is 13.3. The highest BCUT2D eigenvalue weighted by Gasteiger charge is 2.22. The molecule has 0 bridgehead atoms. The molecule has 1 atom stereocenters. The molecule has 3 heteroatoms. The van der Waals surface area contributed by atoms with Gasteiger partial charge in [-0.3, -0.25) is 0 Å². The van der Waals surface area contributed by atoms with Gasteiger partial charge in [0.2, 0.25) is 0 Å². The molecular weight excluding hydrogens is 286 g/mol. The quantitative estimate of drug-likeness (QED) is 0.846. The van der Waals surface area contributed by atoms with Gasteiger partial charge in [-0.1, -0.05) is 60.7 Å². The lowest BCUT2D eigenvalue weighted by Gasteiger charge is -2.11. The van der Waals surface area contributed by atoms with Crippen LogP contribution in [0.4, 0.5) is 0 Å². The minimum Gasteiger partial charge on any atom is -0.493 e. The minimum absolute atomic E-state index is 0.149. The second kappa shape index (κ2) is 7.95. The number of rotatable bonds is 7. The summed E-state index contributed by atoms with van der Waals surface area (Å²) >= 11 is 0. The van der Waals surface area contributed by atoms with Gasteiger partial charge in [0.25, 0.3) is 0 Å². The number of hydrogen-bond donors (Lipinski definition) is 1. The molecule has 1 aliphatic rings. The maximum absolute atomic E-state index is 6.09. The van der Waals surface area contributed by atoms with Crippen LogP contribution in [-0.2, 0) is 22.7 Å². The van der Waals surface area contributed by atoms with Crippen molar-refractivity contribution in [3.05, 3.63) is 83.1 Å². The Kier molecular flexibility index (Phi) is 5.46. The Morgan fingerprint density at radius 1 is 0.783 bits per heavy atom. The van der Waals surface area contributed by atoms with Crippen molar-refractivity contribution in [1.82, 2.24) is 0 Å². The molecule has 120 valence electrons. The molecule has 0 fully saturated rings. The lowest BCUT2D eigenvalue weighted by Crippen LogP contribution is -2.16. The van der Waals surface area contributed by atoms with Crippen LogP contribution in [0.25, 0.3) is 0 Å². The summed E-state index contributed by atoms with van der Waals surface area (Å²) in [6.07, 6.45) is 1.66. The predicted molar refractivity (Wildman–Crippen MR) is 91.6 cm³/mol. The molecule has 0 spiro atoms.